The van der Waals surface area contributed by atoms with Crippen molar-refractivity contribution in [3.8, 4) is 22.8 Å². The third-order valence-electron chi connectivity index (χ3n) is 5.68. The van der Waals surface area contributed by atoms with E-state index in [0.717, 1.165) is 43.9 Å². The monoisotopic (exact) mass is 452 g/mol. The first-order valence-electron chi connectivity index (χ1n) is 10.8. The molecule has 0 bridgehead atoms. The van der Waals surface area contributed by atoms with Crippen molar-refractivity contribution in [3.05, 3.63) is 83.5 Å². The maximum absolute atomic E-state index is 6.34. The predicted molar refractivity (Wildman–Crippen MR) is 133 cm³/mol. The van der Waals surface area contributed by atoms with E-state index in [9.17, 15) is 0 Å². The summed E-state index contributed by atoms with van der Waals surface area (Å²) in [6, 6.07) is 19.6. The van der Waals surface area contributed by atoms with Gasteiger partial charge in [-0.05, 0) is 61.4 Å². The molecule has 5 aromatic rings. The van der Waals surface area contributed by atoms with Crippen LogP contribution >= 0.6 is 0 Å². The summed E-state index contributed by atoms with van der Waals surface area (Å²) in [5, 5.41) is 7.32. The Hall–Kier alpha value is -4.39. The van der Waals surface area contributed by atoms with Crippen LogP contribution in [0.3, 0.4) is 0 Å². The van der Waals surface area contributed by atoms with Gasteiger partial charge in [0, 0.05) is 22.4 Å². The second-order valence-corrected chi connectivity index (χ2v) is 7.98. The number of ether oxygens (including phenoxy) is 2. The zero-order valence-electron chi connectivity index (χ0n) is 19.4. The summed E-state index contributed by atoms with van der Waals surface area (Å²) in [5.41, 5.74) is 7.78. The van der Waals surface area contributed by atoms with Gasteiger partial charge in [-0.15, -0.1) is 0 Å². The van der Waals surface area contributed by atoms with Gasteiger partial charge < -0.3 is 13.9 Å². The number of nitrogens with one attached hydrogen (secondary N) is 1. The van der Waals surface area contributed by atoms with Crippen molar-refractivity contribution in [3.63, 3.8) is 0 Å². The molecule has 0 radical (unpaired) electrons. The molecule has 34 heavy (non-hydrogen) atoms. The van der Waals surface area contributed by atoms with Crippen LogP contribution in [0.15, 0.2) is 76.5 Å². The number of hydrogen-bond acceptors (Lipinski definition) is 7. The minimum absolute atomic E-state index is 0.625. The summed E-state index contributed by atoms with van der Waals surface area (Å²) in [6.45, 7) is 4.10. The molecule has 2 heterocycles. The lowest BCUT2D eigenvalue weighted by molar-refractivity contribution is 0.355. The number of rotatable bonds is 5. The van der Waals surface area contributed by atoms with Gasteiger partial charge in [-0.1, -0.05) is 18.2 Å². The Kier molecular flexibility index (Phi) is 5.59. The third-order valence-corrected chi connectivity index (χ3v) is 5.68. The molecule has 0 aliphatic carbocycles. The number of nitrogens with zero attached hydrogens (tertiary/aromatic N) is 3. The van der Waals surface area contributed by atoms with Gasteiger partial charge in [0.05, 0.1) is 25.1 Å². The van der Waals surface area contributed by atoms with Gasteiger partial charge in [0.2, 0.25) is 0 Å². The highest BCUT2D eigenvalue weighted by molar-refractivity contribution is 5.88. The van der Waals surface area contributed by atoms with Crippen molar-refractivity contribution < 1.29 is 13.9 Å². The Morgan fingerprint density at radius 3 is 2.53 bits per heavy atom. The fourth-order valence-corrected chi connectivity index (χ4v) is 4.11. The molecule has 170 valence electrons. The Labute approximate surface area is 196 Å². The zero-order chi connectivity index (χ0) is 23.7. The number of fused-ring (bicyclic) bond motifs is 2. The van der Waals surface area contributed by atoms with Crippen LogP contribution in [0.1, 0.15) is 11.1 Å². The first-order valence-corrected chi connectivity index (χ1v) is 10.8. The maximum atomic E-state index is 6.34. The minimum Gasteiger partial charge on any atom is -0.493 e. The quantitative estimate of drug-likeness (QED) is 0.349. The van der Waals surface area contributed by atoms with Crippen LogP contribution in [0.2, 0.25) is 0 Å². The first kappa shape index (κ1) is 21.5. The highest BCUT2D eigenvalue weighted by Crippen LogP contribution is 2.33. The Balaban J connectivity index is 1.70. The van der Waals surface area contributed by atoms with Crippen molar-refractivity contribution in [1.82, 2.24) is 9.97 Å². The van der Waals surface area contributed by atoms with E-state index in [1.165, 1.54) is 6.33 Å². The summed E-state index contributed by atoms with van der Waals surface area (Å²) >= 11 is 0. The molecule has 7 heteroatoms. The summed E-state index contributed by atoms with van der Waals surface area (Å²) in [4.78, 5) is 8.72. The number of para-hydroxylation sites is 1. The SMILES string of the molecule is COc1ccc(-c2cc(=NNc3ncnc4ccccc34)c3c(C)cc(C)cc3o2)cc1OC. The Bertz CT molecular complexity index is 1590. The van der Waals surface area contributed by atoms with E-state index in [2.05, 4.69) is 28.4 Å². The molecule has 2 aromatic heterocycles. The van der Waals surface area contributed by atoms with E-state index in [1.54, 1.807) is 14.2 Å². The molecular formula is C27H24N4O3. The average Bonchev–Trinajstić information content (AvgIpc) is 2.86. The largest absolute Gasteiger partial charge is 0.493 e. The molecule has 0 amide bonds. The number of methoxy groups -OCH3 is 2. The Morgan fingerprint density at radius 2 is 1.71 bits per heavy atom. The van der Waals surface area contributed by atoms with Gasteiger partial charge in [-0.25, -0.2) is 9.97 Å². The van der Waals surface area contributed by atoms with Crippen LogP contribution in [0, 0.1) is 13.8 Å². The molecule has 0 atom stereocenters. The van der Waals surface area contributed by atoms with E-state index in [-0.39, 0.29) is 0 Å². The van der Waals surface area contributed by atoms with Crippen molar-refractivity contribution in [1.29, 1.82) is 0 Å². The second-order valence-electron chi connectivity index (χ2n) is 7.98. The van der Waals surface area contributed by atoms with Crippen molar-refractivity contribution in [2.45, 2.75) is 13.8 Å². The van der Waals surface area contributed by atoms with Gasteiger partial charge in [-0.2, -0.15) is 5.10 Å². The fourth-order valence-electron chi connectivity index (χ4n) is 4.11. The molecule has 7 nitrogen and oxygen atoms in total. The molecule has 0 unspecified atom stereocenters. The smallest absolute Gasteiger partial charge is 0.161 e. The molecule has 3 aromatic carbocycles. The van der Waals surface area contributed by atoms with Crippen molar-refractivity contribution in [2.75, 3.05) is 19.6 Å². The molecule has 5 rings (SSSR count). The zero-order valence-corrected chi connectivity index (χ0v) is 19.4. The molecular weight excluding hydrogens is 428 g/mol. The van der Waals surface area contributed by atoms with Gasteiger partial charge in [-0.3, -0.25) is 5.43 Å². The van der Waals surface area contributed by atoms with Crippen LogP contribution in [-0.2, 0) is 0 Å². The lowest BCUT2D eigenvalue weighted by Crippen LogP contribution is -2.10. The lowest BCUT2D eigenvalue weighted by Gasteiger charge is -2.11. The van der Waals surface area contributed by atoms with Crippen LogP contribution in [0.4, 0.5) is 5.82 Å². The molecule has 0 spiro atoms. The second kappa shape index (κ2) is 8.86. The fraction of sp³-hybridized carbons (Fsp3) is 0.148. The molecule has 0 aliphatic heterocycles. The summed E-state index contributed by atoms with van der Waals surface area (Å²) in [6.07, 6.45) is 1.53. The third kappa shape index (κ3) is 3.92. The maximum Gasteiger partial charge on any atom is 0.161 e. The standard InChI is InChI=1S/C27H24N4O3/c1-16-11-17(2)26-21(30-31-27-19-7-5-6-8-20(19)28-15-29-27)14-23(34-25(26)12-16)18-9-10-22(32-3)24(13-18)33-4/h5-15H,1-4H3,(H,28,29,31). The number of hydrogen-bond donors (Lipinski definition) is 1. The average molecular weight is 453 g/mol. The Morgan fingerprint density at radius 1 is 0.882 bits per heavy atom. The highest BCUT2D eigenvalue weighted by Gasteiger charge is 2.12. The molecule has 0 saturated heterocycles. The van der Waals surface area contributed by atoms with Gasteiger partial charge >= 0.3 is 0 Å². The normalized spacial score (nSPS) is 11.7. The molecule has 0 aliphatic rings. The molecule has 0 saturated carbocycles. The van der Waals surface area contributed by atoms with Crippen LogP contribution in [0.5, 0.6) is 11.5 Å². The highest BCUT2D eigenvalue weighted by atomic mass is 16.5. The summed E-state index contributed by atoms with van der Waals surface area (Å²) in [5.74, 6) is 2.57. The first-order chi connectivity index (χ1) is 16.6. The number of aromatic nitrogens is 2. The van der Waals surface area contributed by atoms with E-state index >= 15 is 0 Å². The number of aryl methyl sites for hydroxylation is 2. The number of anilines is 1. The predicted octanol–water partition coefficient (Wildman–Crippen LogP) is 5.60. The van der Waals surface area contributed by atoms with E-state index in [1.807, 2.05) is 61.5 Å². The summed E-state index contributed by atoms with van der Waals surface area (Å²) < 4.78 is 17.2. The van der Waals surface area contributed by atoms with E-state index in [4.69, 9.17) is 19.0 Å². The molecule has 1 N–H and O–H groups in total. The topological polar surface area (TPSA) is 81.8 Å². The van der Waals surface area contributed by atoms with Crippen LogP contribution in [-0.4, -0.2) is 24.2 Å². The molecule has 0 fully saturated rings. The van der Waals surface area contributed by atoms with Gasteiger partial charge in [0.15, 0.2) is 17.3 Å². The van der Waals surface area contributed by atoms with Crippen molar-refractivity contribution >= 4 is 27.7 Å². The van der Waals surface area contributed by atoms with E-state index < -0.39 is 0 Å². The van der Waals surface area contributed by atoms with E-state index in [0.29, 0.717) is 23.1 Å². The van der Waals surface area contributed by atoms with Gasteiger partial charge in [0.25, 0.3) is 0 Å². The lowest BCUT2D eigenvalue weighted by atomic mass is 10.0. The van der Waals surface area contributed by atoms with Crippen molar-refractivity contribution in [2.24, 2.45) is 5.10 Å². The number of benzene rings is 3. The van der Waals surface area contributed by atoms with Crippen LogP contribution in [0.25, 0.3) is 33.2 Å². The van der Waals surface area contributed by atoms with Gasteiger partial charge in [0.1, 0.15) is 17.7 Å². The van der Waals surface area contributed by atoms with Crippen LogP contribution < -0.4 is 20.3 Å². The summed E-state index contributed by atoms with van der Waals surface area (Å²) in [7, 11) is 3.23. The minimum atomic E-state index is 0.625.